The summed E-state index contributed by atoms with van der Waals surface area (Å²) in [6, 6.07) is -0.915. The summed E-state index contributed by atoms with van der Waals surface area (Å²) in [4.78, 5) is 25.6. The van der Waals surface area contributed by atoms with Crippen LogP contribution in [0.4, 0.5) is 0 Å². The Kier molecular flexibility index (Phi) is 59.9. The number of hydrogen-bond acceptors (Lipinski definition) is 6. The molecule has 3 atom stereocenters. The number of allylic oxidation sites excluding steroid dienone is 11. The molecule has 1 amide bonds. The van der Waals surface area contributed by atoms with Crippen LogP contribution in [0.15, 0.2) is 72.9 Å². The zero-order valence-corrected chi connectivity index (χ0v) is 54.4. The molecule has 0 fully saturated rings. The van der Waals surface area contributed by atoms with E-state index in [2.05, 4.69) is 79.9 Å². The van der Waals surface area contributed by atoms with Gasteiger partial charge in [-0.3, -0.25) is 9.36 Å². The van der Waals surface area contributed by atoms with E-state index in [0.29, 0.717) is 17.4 Å². The number of carbonyl (C=O) groups is 1. The van der Waals surface area contributed by atoms with Crippen LogP contribution in [0.2, 0.25) is 0 Å². The van der Waals surface area contributed by atoms with Crippen molar-refractivity contribution in [2.24, 2.45) is 0 Å². The van der Waals surface area contributed by atoms with Crippen molar-refractivity contribution >= 4 is 13.7 Å². The lowest BCUT2D eigenvalue weighted by molar-refractivity contribution is -0.870. The highest BCUT2D eigenvalue weighted by Gasteiger charge is 2.23. The van der Waals surface area contributed by atoms with Crippen LogP contribution < -0.4 is 10.2 Å². The monoisotopic (exact) mass is 1140 g/mol. The molecule has 80 heavy (non-hydrogen) atoms. The zero-order chi connectivity index (χ0) is 58.4. The molecule has 0 aliphatic carbocycles. The maximum Gasteiger partial charge on any atom is 0.268 e. The molecule has 8 nitrogen and oxygen atoms in total. The molecule has 3 unspecified atom stereocenters. The van der Waals surface area contributed by atoms with Crippen LogP contribution in [-0.2, 0) is 18.4 Å². The zero-order valence-electron chi connectivity index (χ0n) is 53.5. The third-order valence-electron chi connectivity index (χ3n) is 15.4. The van der Waals surface area contributed by atoms with E-state index in [0.717, 1.165) is 57.8 Å². The highest BCUT2D eigenvalue weighted by atomic mass is 31.2. The van der Waals surface area contributed by atoms with Crippen LogP contribution in [-0.4, -0.2) is 68.5 Å². The van der Waals surface area contributed by atoms with Crippen molar-refractivity contribution in [1.29, 1.82) is 0 Å². The number of nitrogens with one attached hydrogen (secondary N) is 1. The standard InChI is InChI=1S/C71H133N2O6P/c1-6-8-10-12-14-16-18-20-22-24-26-28-30-32-34-36-38-40-42-44-46-48-50-52-54-56-58-60-62-64-70(74)69(68-79-80(76,77)78-67-66-73(3,4)5)72-71(75)65-63-61-59-57-55-53-51-49-47-45-43-41-39-37-35-33-31-29-27-25-23-21-19-17-15-13-11-9-7-2/h19,21,25,27,31,33,46,48,54,56,62,64,69-70,74H,6-18,20,22-24,26,28-30,32,34-45,47,49-53,55,57-61,63,65-68H2,1-5H3,(H-,72,75,76,77)/b21-19-,27-25-,33-31-,48-46+,56-54+,64-62+. The summed E-state index contributed by atoms with van der Waals surface area (Å²) in [5, 5.41) is 13.9. The first-order valence-electron chi connectivity index (χ1n) is 34.3. The topological polar surface area (TPSA) is 108 Å². The van der Waals surface area contributed by atoms with Gasteiger partial charge in [0, 0.05) is 6.42 Å². The molecule has 0 aliphatic rings. The lowest BCUT2D eigenvalue weighted by Crippen LogP contribution is -2.45. The van der Waals surface area contributed by atoms with Gasteiger partial charge in [-0.05, 0) is 83.5 Å². The molecule has 0 heterocycles. The molecule has 0 aromatic rings. The van der Waals surface area contributed by atoms with Crippen molar-refractivity contribution in [2.45, 2.75) is 334 Å². The molecule has 0 radical (unpaired) electrons. The van der Waals surface area contributed by atoms with Crippen LogP contribution in [0.5, 0.6) is 0 Å². The number of aliphatic hydroxyl groups excluding tert-OH is 1. The second-order valence-electron chi connectivity index (χ2n) is 24.5. The fraction of sp³-hybridized carbons (Fsp3) is 0.817. The summed E-state index contributed by atoms with van der Waals surface area (Å²) < 4.78 is 23.4. The minimum Gasteiger partial charge on any atom is -0.756 e. The lowest BCUT2D eigenvalue weighted by atomic mass is 10.0. The van der Waals surface area contributed by atoms with Crippen molar-refractivity contribution in [1.82, 2.24) is 5.32 Å². The summed E-state index contributed by atoms with van der Waals surface area (Å²) >= 11 is 0. The largest absolute Gasteiger partial charge is 0.756 e. The van der Waals surface area contributed by atoms with Crippen molar-refractivity contribution in [3.63, 3.8) is 0 Å². The Bertz CT molecular complexity index is 1530. The summed E-state index contributed by atoms with van der Waals surface area (Å²) in [5.41, 5.74) is 0. The predicted octanol–water partition coefficient (Wildman–Crippen LogP) is 21.1. The second-order valence-corrected chi connectivity index (χ2v) is 25.9. The van der Waals surface area contributed by atoms with Crippen LogP contribution >= 0.6 is 7.82 Å². The smallest absolute Gasteiger partial charge is 0.268 e. The summed E-state index contributed by atoms with van der Waals surface area (Å²) in [5.74, 6) is -0.210. The second kappa shape index (κ2) is 61.5. The molecule has 0 aromatic carbocycles. The van der Waals surface area contributed by atoms with Gasteiger partial charge < -0.3 is 28.8 Å². The predicted molar refractivity (Wildman–Crippen MR) is 348 cm³/mol. The molecule has 0 saturated carbocycles. The summed E-state index contributed by atoms with van der Waals surface area (Å²) in [6.07, 6.45) is 85.9. The Morgan fingerprint density at radius 1 is 0.438 bits per heavy atom. The molecular formula is C71H133N2O6P. The molecular weight excluding hydrogens is 1010 g/mol. The van der Waals surface area contributed by atoms with E-state index in [1.54, 1.807) is 6.08 Å². The van der Waals surface area contributed by atoms with Crippen molar-refractivity contribution in [2.75, 3.05) is 40.9 Å². The first-order valence-corrected chi connectivity index (χ1v) is 35.8. The van der Waals surface area contributed by atoms with Gasteiger partial charge >= 0.3 is 0 Å². The van der Waals surface area contributed by atoms with Gasteiger partial charge in [-0.25, -0.2) is 0 Å². The number of rotatable bonds is 63. The van der Waals surface area contributed by atoms with Crippen molar-refractivity contribution in [3.05, 3.63) is 72.9 Å². The highest BCUT2D eigenvalue weighted by Crippen LogP contribution is 2.38. The first-order chi connectivity index (χ1) is 39.0. The number of phosphoric ester groups is 1. The summed E-state index contributed by atoms with van der Waals surface area (Å²) in [6.45, 7) is 4.64. The van der Waals surface area contributed by atoms with Crippen LogP contribution in [0.1, 0.15) is 322 Å². The number of amides is 1. The SMILES string of the molecule is CCCCCCC/C=C\C/C=C\C/C=C\CCCCCCCCCCCCCCCCC(=O)NC(COP(=O)([O-])OCC[N+](C)(C)C)C(O)/C=C/CC/C=C/CC/C=C/CCCCCCCCCCCCCCCCCCCCC. The number of hydrogen-bond donors (Lipinski definition) is 2. The first kappa shape index (κ1) is 77.9. The number of phosphoric acid groups is 1. The molecule has 0 rings (SSSR count). The number of unbranched alkanes of at least 4 members (excludes halogenated alkanes) is 40. The molecule has 9 heteroatoms. The quantitative estimate of drug-likeness (QED) is 0.0272. The number of nitrogens with zero attached hydrogens (tertiary/aromatic N) is 1. The lowest BCUT2D eigenvalue weighted by Gasteiger charge is -2.29. The van der Waals surface area contributed by atoms with Crippen LogP contribution in [0.25, 0.3) is 0 Å². The van der Waals surface area contributed by atoms with Gasteiger partial charge in [0.2, 0.25) is 5.91 Å². The minimum absolute atomic E-state index is 0.0108. The molecule has 0 saturated heterocycles. The highest BCUT2D eigenvalue weighted by molar-refractivity contribution is 7.45. The molecule has 468 valence electrons. The van der Waals surface area contributed by atoms with E-state index in [-0.39, 0.29) is 12.5 Å². The van der Waals surface area contributed by atoms with Gasteiger partial charge in [-0.2, -0.15) is 0 Å². The average molecular weight is 1140 g/mol. The van der Waals surface area contributed by atoms with Crippen LogP contribution in [0, 0.1) is 0 Å². The third-order valence-corrected chi connectivity index (χ3v) is 16.3. The van der Waals surface area contributed by atoms with Gasteiger partial charge in [0.05, 0.1) is 39.9 Å². The van der Waals surface area contributed by atoms with Crippen molar-refractivity contribution in [3.8, 4) is 0 Å². The van der Waals surface area contributed by atoms with E-state index in [1.807, 2.05) is 27.2 Å². The number of aliphatic hydroxyl groups is 1. The fourth-order valence-corrected chi connectivity index (χ4v) is 10.7. The Balaban J connectivity index is 4.16. The Hall–Kier alpha value is -2.06. The van der Waals surface area contributed by atoms with Gasteiger partial charge in [0.15, 0.2) is 0 Å². The average Bonchev–Trinajstić information content (AvgIpc) is 3.42. The normalized spacial score (nSPS) is 14.1. The maximum absolute atomic E-state index is 13.0. The fourth-order valence-electron chi connectivity index (χ4n) is 10.0. The van der Waals surface area contributed by atoms with Gasteiger partial charge in [0.25, 0.3) is 7.82 Å². The van der Waals surface area contributed by atoms with E-state index in [4.69, 9.17) is 9.05 Å². The molecule has 0 aliphatic heterocycles. The Morgan fingerprint density at radius 3 is 1.10 bits per heavy atom. The Labute approximate surface area is 497 Å². The van der Waals surface area contributed by atoms with Crippen LogP contribution in [0.3, 0.4) is 0 Å². The van der Waals surface area contributed by atoms with E-state index in [1.165, 1.54) is 244 Å². The molecule has 0 spiro atoms. The van der Waals surface area contributed by atoms with E-state index in [9.17, 15) is 19.4 Å². The van der Waals surface area contributed by atoms with Crippen molar-refractivity contribution < 1.29 is 32.9 Å². The molecule has 0 bridgehead atoms. The maximum atomic E-state index is 13.0. The van der Waals surface area contributed by atoms with E-state index >= 15 is 0 Å². The third kappa shape index (κ3) is 63.5. The Morgan fingerprint density at radius 2 is 0.738 bits per heavy atom. The molecule has 2 N–H and O–H groups in total. The minimum atomic E-state index is -4.62. The van der Waals surface area contributed by atoms with Gasteiger partial charge in [-0.15, -0.1) is 0 Å². The summed E-state index contributed by atoms with van der Waals surface area (Å²) in [7, 11) is 1.24. The number of likely N-dealkylation sites (N-methyl/N-ethyl adjacent to an activating group) is 1. The molecule has 0 aromatic heterocycles. The van der Waals surface area contributed by atoms with Gasteiger partial charge in [0.1, 0.15) is 13.2 Å². The van der Waals surface area contributed by atoms with E-state index < -0.39 is 26.6 Å². The number of quaternary nitrogens is 1. The van der Waals surface area contributed by atoms with Gasteiger partial charge in [-0.1, -0.05) is 305 Å². The number of carbonyl (C=O) groups excluding carboxylic acids is 1.